The highest BCUT2D eigenvalue weighted by Crippen LogP contribution is 2.43. The number of rotatable bonds is 2. The smallest absolute Gasteiger partial charge is 0.0733 e. The first kappa shape index (κ1) is 15.5. The Labute approximate surface area is 164 Å². The van der Waals surface area contributed by atoms with Gasteiger partial charge in [-0.1, -0.05) is 78.9 Å². The summed E-state index contributed by atoms with van der Waals surface area (Å²) in [6.45, 7) is 0.982. The molecule has 6 rings (SSSR count). The van der Waals surface area contributed by atoms with Gasteiger partial charge in [-0.25, -0.2) is 0 Å². The minimum absolute atomic E-state index is 0.982. The van der Waals surface area contributed by atoms with Crippen LogP contribution in [0.1, 0.15) is 5.56 Å². The molecule has 1 aliphatic rings. The second-order valence-electron chi connectivity index (χ2n) is 7.41. The Balaban J connectivity index is 1.86. The van der Waals surface area contributed by atoms with Crippen molar-refractivity contribution < 1.29 is 0 Å². The van der Waals surface area contributed by atoms with E-state index in [4.69, 9.17) is 0 Å². The Bertz CT molecular complexity index is 1310. The lowest BCUT2D eigenvalue weighted by Gasteiger charge is -2.21. The van der Waals surface area contributed by atoms with Crippen molar-refractivity contribution >= 4 is 22.1 Å². The van der Waals surface area contributed by atoms with Gasteiger partial charge in [-0.15, -0.1) is 0 Å². The SMILES string of the molecule is c1ccc(-c2cc3c4c(c5ccccc5n4c2-c2ccccc2)CCN3)cc1. The van der Waals surface area contributed by atoms with Gasteiger partial charge in [0.05, 0.1) is 22.4 Å². The Kier molecular flexibility index (Phi) is 3.33. The van der Waals surface area contributed by atoms with Gasteiger partial charge in [0.1, 0.15) is 0 Å². The summed E-state index contributed by atoms with van der Waals surface area (Å²) in [5.74, 6) is 0. The van der Waals surface area contributed by atoms with E-state index in [0.29, 0.717) is 0 Å². The topological polar surface area (TPSA) is 16.4 Å². The van der Waals surface area contributed by atoms with Gasteiger partial charge >= 0.3 is 0 Å². The molecule has 1 N–H and O–H groups in total. The van der Waals surface area contributed by atoms with Gasteiger partial charge in [0, 0.05) is 17.5 Å². The molecule has 0 spiro atoms. The average molecular weight is 360 g/mol. The number of anilines is 1. The van der Waals surface area contributed by atoms with Crippen molar-refractivity contribution in [2.45, 2.75) is 6.42 Å². The number of nitrogens with one attached hydrogen (secondary N) is 1. The monoisotopic (exact) mass is 360 g/mol. The van der Waals surface area contributed by atoms with E-state index in [9.17, 15) is 0 Å². The first-order valence-electron chi connectivity index (χ1n) is 9.85. The fourth-order valence-electron chi connectivity index (χ4n) is 4.65. The third-order valence-corrected chi connectivity index (χ3v) is 5.82. The van der Waals surface area contributed by atoms with Crippen molar-refractivity contribution in [3.8, 4) is 22.4 Å². The van der Waals surface area contributed by atoms with Crippen LogP contribution in [0.4, 0.5) is 5.69 Å². The standard InChI is InChI=1S/C26H20N2/c1-3-9-18(10-4-1)22-17-23-26-21(15-16-27-23)20-13-7-8-14-24(20)28(26)25(22)19-11-5-2-6-12-19/h1-14,17,27H,15-16H2. The molecule has 0 amide bonds. The van der Waals surface area contributed by atoms with Crippen LogP contribution in [0.5, 0.6) is 0 Å². The molecule has 5 aromatic rings. The third-order valence-electron chi connectivity index (χ3n) is 5.82. The second kappa shape index (κ2) is 6.00. The molecule has 0 saturated heterocycles. The molecule has 2 heteroatoms. The minimum Gasteiger partial charge on any atom is -0.383 e. The lowest BCUT2D eigenvalue weighted by Crippen LogP contribution is -2.12. The van der Waals surface area contributed by atoms with E-state index in [1.807, 2.05) is 0 Å². The average Bonchev–Trinajstić information content (AvgIpc) is 3.11. The van der Waals surface area contributed by atoms with Crippen LogP contribution in [0, 0.1) is 0 Å². The number of nitrogens with zero attached hydrogens (tertiary/aromatic N) is 1. The zero-order valence-electron chi connectivity index (χ0n) is 15.5. The molecule has 3 heterocycles. The predicted molar refractivity (Wildman–Crippen MR) is 118 cm³/mol. The summed E-state index contributed by atoms with van der Waals surface area (Å²) in [6, 6.07) is 32.7. The summed E-state index contributed by atoms with van der Waals surface area (Å²) >= 11 is 0. The molecule has 1 aliphatic heterocycles. The maximum Gasteiger partial charge on any atom is 0.0733 e. The van der Waals surface area contributed by atoms with Gasteiger partial charge in [-0.2, -0.15) is 0 Å². The van der Waals surface area contributed by atoms with Crippen LogP contribution in [0.25, 0.3) is 38.8 Å². The van der Waals surface area contributed by atoms with Crippen molar-refractivity contribution in [1.82, 2.24) is 4.40 Å². The lowest BCUT2D eigenvalue weighted by atomic mass is 9.96. The molecule has 0 bridgehead atoms. The van der Waals surface area contributed by atoms with Gasteiger partial charge in [0.25, 0.3) is 0 Å². The Morgan fingerprint density at radius 3 is 2.18 bits per heavy atom. The second-order valence-corrected chi connectivity index (χ2v) is 7.41. The van der Waals surface area contributed by atoms with Crippen LogP contribution in [0.2, 0.25) is 0 Å². The first-order valence-corrected chi connectivity index (χ1v) is 9.85. The first-order chi connectivity index (χ1) is 13.9. The van der Waals surface area contributed by atoms with Crippen LogP contribution in [0.3, 0.4) is 0 Å². The normalized spacial score (nSPS) is 13.0. The zero-order valence-corrected chi connectivity index (χ0v) is 15.5. The van der Waals surface area contributed by atoms with E-state index in [-0.39, 0.29) is 0 Å². The van der Waals surface area contributed by atoms with Gasteiger partial charge in [-0.3, -0.25) is 0 Å². The molecule has 0 aliphatic carbocycles. The largest absolute Gasteiger partial charge is 0.383 e. The van der Waals surface area contributed by atoms with E-state index in [2.05, 4.69) is 101 Å². The molecular formula is C26H20N2. The number of benzene rings is 3. The molecule has 0 atom stereocenters. The molecule has 3 aromatic carbocycles. The van der Waals surface area contributed by atoms with Crippen LogP contribution in [-0.4, -0.2) is 10.9 Å². The predicted octanol–water partition coefficient (Wildman–Crippen LogP) is 6.39. The summed E-state index contributed by atoms with van der Waals surface area (Å²) in [4.78, 5) is 0. The Hall–Kier alpha value is -3.52. The highest BCUT2D eigenvalue weighted by atomic mass is 15.0. The summed E-state index contributed by atoms with van der Waals surface area (Å²) in [5, 5.41) is 5.02. The molecule has 28 heavy (non-hydrogen) atoms. The number of hydrogen-bond acceptors (Lipinski definition) is 1. The van der Waals surface area contributed by atoms with Crippen molar-refractivity contribution in [1.29, 1.82) is 0 Å². The fraction of sp³-hybridized carbons (Fsp3) is 0.0769. The molecule has 0 radical (unpaired) electrons. The molecule has 134 valence electrons. The van der Waals surface area contributed by atoms with Crippen LogP contribution >= 0.6 is 0 Å². The van der Waals surface area contributed by atoms with Crippen LogP contribution in [-0.2, 0) is 6.42 Å². The van der Waals surface area contributed by atoms with Crippen molar-refractivity contribution in [3.63, 3.8) is 0 Å². The van der Waals surface area contributed by atoms with Crippen LogP contribution < -0.4 is 5.32 Å². The van der Waals surface area contributed by atoms with Crippen molar-refractivity contribution in [2.75, 3.05) is 11.9 Å². The maximum atomic E-state index is 3.66. The van der Waals surface area contributed by atoms with Crippen molar-refractivity contribution in [2.24, 2.45) is 0 Å². The summed E-state index contributed by atoms with van der Waals surface area (Å²) in [5.41, 5.74) is 10.3. The number of para-hydroxylation sites is 1. The van der Waals surface area contributed by atoms with E-state index in [0.717, 1.165) is 13.0 Å². The van der Waals surface area contributed by atoms with E-state index in [1.54, 1.807) is 0 Å². The maximum absolute atomic E-state index is 3.66. The number of aromatic nitrogens is 1. The van der Waals surface area contributed by atoms with E-state index < -0.39 is 0 Å². The summed E-state index contributed by atoms with van der Waals surface area (Å²) in [7, 11) is 0. The molecule has 2 aromatic heterocycles. The van der Waals surface area contributed by atoms with Crippen LogP contribution in [0.15, 0.2) is 91.0 Å². The number of pyridine rings is 1. The van der Waals surface area contributed by atoms with Crippen molar-refractivity contribution in [3.05, 3.63) is 96.6 Å². The molecular weight excluding hydrogens is 340 g/mol. The molecule has 2 nitrogen and oxygen atoms in total. The Morgan fingerprint density at radius 2 is 1.39 bits per heavy atom. The zero-order chi connectivity index (χ0) is 18.5. The lowest BCUT2D eigenvalue weighted by molar-refractivity contribution is 1.01. The summed E-state index contributed by atoms with van der Waals surface area (Å²) < 4.78 is 2.48. The fourth-order valence-corrected chi connectivity index (χ4v) is 4.65. The van der Waals surface area contributed by atoms with E-state index >= 15 is 0 Å². The molecule has 0 unspecified atom stereocenters. The third kappa shape index (κ3) is 2.15. The highest BCUT2D eigenvalue weighted by Gasteiger charge is 2.23. The van der Waals surface area contributed by atoms with E-state index in [1.165, 1.54) is 50.1 Å². The minimum atomic E-state index is 0.982. The molecule has 0 saturated carbocycles. The Morgan fingerprint density at radius 1 is 0.714 bits per heavy atom. The number of fused-ring (bicyclic) bond motifs is 3. The van der Waals surface area contributed by atoms with Gasteiger partial charge in [-0.05, 0) is 35.2 Å². The highest BCUT2D eigenvalue weighted by molar-refractivity contribution is 6.03. The van der Waals surface area contributed by atoms with Gasteiger partial charge in [0.15, 0.2) is 0 Å². The van der Waals surface area contributed by atoms with Gasteiger partial charge < -0.3 is 9.72 Å². The number of hydrogen-bond donors (Lipinski definition) is 1. The quantitative estimate of drug-likeness (QED) is 0.385. The molecule has 0 fully saturated rings. The van der Waals surface area contributed by atoms with Gasteiger partial charge in [0.2, 0.25) is 0 Å². The summed E-state index contributed by atoms with van der Waals surface area (Å²) in [6.07, 6.45) is 1.06.